The van der Waals surface area contributed by atoms with Crippen LogP contribution in [0.1, 0.15) is 31.9 Å². The second-order valence-corrected chi connectivity index (χ2v) is 3.67. The summed E-state index contributed by atoms with van der Waals surface area (Å²) in [5.41, 5.74) is 2.26. The first-order chi connectivity index (χ1) is 7.22. The highest BCUT2D eigenvalue weighted by molar-refractivity contribution is 5.86. The van der Waals surface area contributed by atoms with E-state index < -0.39 is 0 Å². The number of nitrogens with zero attached hydrogens (tertiary/aromatic N) is 2. The van der Waals surface area contributed by atoms with Gasteiger partial charge in [-0.15, -0.1) is 0 Å². The van der Waals surface area contributed by atoms with Gasteiger partial charge in [0.2, 0.25) is 0 Å². The molecule has 0 bridgehead atoms. The molecule has 0 unspecified atom stereocenters. The lowest BCUT2D eigenvalue weighted by Gasteiger charge is -1.97. The van der Waals surface area contributed by atoms with E-state index in [1.807, 2.05) is 31.5 Å². The van der Waals surface area contributed by atoms with Crippen LogP contribution in [0.5, 0.6) is 0 Å². The van der Waals surface area contributed by atoms with Gasteiger partial charge in [0.25, 0.3) is 0 Å². The Labute approximate surface area is 91.8 Å². The van der Waals surface area contributed by atoms with Gasteiger partial charge in [0.05, 0.1) is 0 Å². The highest BCUT2D eigenvalue weighted by Crippen LogP contribution is 2.01. The molecule has 1 aromatic rings. The largest absolute Gasteiger partial charge is 0.293 e. The van der Waals surface area contributed by atoms with E-state index in [9.17, 15) is 0 Å². The molecule has 0 saturated carbocycles. The normalized spacial score (nSPS) is 12.0. The Morgan fingerprint density at radius 3 is 2.47 bits per heavy atom. The van der Waals surface area contributed by atoms with Gasteiger partial charge in [-0.3, -0.25) is 9.98 Å². The van der Waals surface area contributed by atoms with E-state index in [1.165, 1.54) is 0 Å². The number of hydrogen-bond acceptors (Lipinski definition) is 2. The summed E-state index contributed by atoms with van der Waals surface area (Å²) in [5, 5.41) is 0. The van der Waals surface area contributed by atoms with Gasteiger partial charge in [-0.2, -0.15) is 0 Å². The number of hydrogen-bond donors (Lipinski definition) is 0. The molecule has 0 amide bonds. The minimum absolute atomic E-state index is 0.345. The first kappa shape index (κ1) is 11.6. The molecule has 15 heavy (non-hydrogen) atoms. The zero-order valence-corrected chi connectivity index (χ0v) is 9.64. The average molecular weight is 202 g/mol. The highest BCUT2D eigenvalue weighted by Gasteiger charge is 1.91. The topological polar surface area (TPSA) is 24.7 Å². The van der Waals surface area contributed by atoms with Gasteiger partial charge in [0.15, 0.2) is 0 Å². The molecule has 0 aromatic heterocycles. The van der Waals surface area contributed by atoms with E-state index >= 15 is 0 Å². The molecule has 1 rings (SSSR count). The lowest BCUT2D eigenvalue weighted by atomic mass is 10.1. The fraction of sp³-hybridized carbons (Fsp3) is 0.385. The zero-order chi connectivity index (χ0) is 11.1. The molecule has 0 aliphatic heterocycles. The maximum absolute atomic E-state index is 4.35. The fourth-order valence-electron chi connectivity index (χ4n) is 1.15. The summed E-state index contributed by atoms with van der Waals surface area (Å²) in [5.74, 6) is 0. The van der Waals surface area contributed by atoms with Crippen molar-refractivity contribution in [2.24, 2.45) is 9.98 Å². The highest BCUT2D eigenvalue weighted by atomic mass is 14.7. The van der Waals surface area contributed by atoms with Crippen LogP contribution in [-0.4, -0.2) is 25.0 Å². The molecule has 0 aliphatic rings. The molecular formula is C13H18N2. The molecule has 0 spiro atoms. The summed E-state index contributed by atoms with van der Waals surface area (Å²) in [6, 6.07) is 8.56. The maximum Gasteiger partial charge on any atom is 0.0443 e. The summed E-state index contributed by atoms with van der Waals surface area (Å²) in [6.45, 7) is 6.99. The molecule has 2 heteroatoms. The van der Waals surface area contributed by atoms with Crippen LogP contribution in [0.25, 0.3) is 0 Å². The van der Waals surface area contributed by atoms with Crippen LogP contribution in [0.4, 0.5) is 0 Å². The van der Waals surface area contributed by atoms with Crippen molar-refractivity contribution in [3.05, 3.63) is 35.4 Å². The maximum atomic E-state index is 4.35. The fourth-order valence-corrected chi connectivity index (χ4v) is 1.15. The molecule has 0 aliphatic carbocycles. The molecule has 2 nitrogen and oxygen atoms in total. The smallest absolute Gasteiger partial charge is 0.0443 e. The van der Waals surface area contributed by atoms with Crippen molar-refractivity contribution < 1.29 is 0 Å². The van der Waals surface area contributed by atoms with Crippen molar-refractivity contribution in [3.8, 4) is 0 Å². The van der Waals surface area contributed by atoms with E-state index in [4.69, 9.17) is 0 Å². The molecule has 0 saturated heterocycles. The van der Waals surface area contributed by atoms with E-state index in [0.717, 1.165) is 17.7 Å². The van der Waals surface area contributed by atoms with Crippen molar-refractivity contribution in [2.75, 3.05) is 6.54 Å². The second kappa shape index (κ2) is 6.12. The Bertz CT molecular complexity index is 351. The minimum Gasteiger partial charge on any atom is -0.293 e. The first-order valence-corrected chi connectivity index (χ1v) is 5.35. The monoisotopic (exact) mass is 202 g/mol. The third kappa shape index (κ3) is 4.54. The Hall–Kier alpha value is -1.44. The number of rotatable bonds is 4. The summed E-state index contributed by atoms with van der Waals surface area (Å²) < 4.78 is 0. The van der Waals surface area contributed by atoms with E-state index in [2.05, 4.69) is 36.0 Å². The van der Waals surface area contributed by atoms with Gasteiger partial charge in [0, 0.05) is 25.0 Å². The lowest BCUT2D eigenvalue weighted by molar-refractivity contribution is 0.841. The number of benzene rings is 1. The third-order valence-corrected chi connectivity index (χ3v) is 1.86. The molecule has 0 radical (unpaired) electrons. The van der Waals surface area contributed by atoms with E-state index in [1.54, 1.807) is 0 Å². The van der Waals surface area contributed by atoms with E-state index in [0.29, 0.717) is 6.04 Å². The molecule has 80 valence electrons. The molecule has 0 fully saturated rings. The van der Waals surface area contributed by atoms with Crippen LogP contribution in [0, 0.1) is 0 Å². The molecule has 0 N–H and O–H groups in total. The van der Waals surface area contributed by atoms with Crippen LogP contribution in [0.3, 0.4) is 0 Å². The van der Waals surface area contributed by atoms with Crippen molar-refractivity contribution in [1.82, 2.24) is 0 Å². The van der Waals surface area contributed by atoms with E-state index in [-0.39, 0.29) is 0 Å². The van der Waals surface area contributed by atoms with Gasteiger partial charge >= 0.3 is 0 Å². The molecular weight excluding hydrogens is 184 g/mol. The predicted molar refractivity (Wildman–Crippen MR) is 67.3 cm³/mol. The first-order valence-electron chi connectivity index (χ1n) is 5.35. The van der Waals surface area contributed by atoms with Crippen molar-refractivity contribution in [3.63, 3.8) is 0 Å². The Morgan fingerprint density at radius 1 is 1.20 bits per heavy atom. The van der Waals surface area contributed by atoms with Crippen LogP contribution < -0.4 is 0 Å². The summed E-state index contributed by atoms with van der Waals surface area (Å²) in [6.07, 6.45) is 3.81. The van der Waals surface area contributed by atoms with Crippen LogP contribution in [-0.2, 0) is 0 Å². The van der Waals surface area contributed by atoms with Gasteiger partial charge in [0.1, 0.15) is 0 Å². The van der Waals surface area contributed by atoms with Crippen molar-refractivity contribution in [1.29, 1.82) is 0 Å². The Morgan fingerprint density at radius 2 is 1.87 bits per heavy atom. The summed E-state index contributed by atoms with van der Waals surface area (Å²) >= 11 is 0. The van der Waals surface area contributed by atoms with Crippen molar-refractivity contribution >= 4 is 12.4 Å². The SMILES string of the molecule is CC/N=C/c1cccc(/C=N/C(C)C)c1. The van der Waals surface area contributed by atoms with Gasteiger partial charge in [-0.05, 0) is 38.0 Å². The quantitative estimate of drug-likeness (QED) is 0.671. The third-order valence-electron chi connectivity index (χ3n) is 1.86. The van der Waals surface area contributed by atoms with Gasteiger partial charge in [-0.25, -0.2) is 0 Å². The van der Waals surface area contributed by atoms with Gasteiger partial charge in [-0.1, -0.05) is 18.2 Å². The predicted octanol–water partition coefficient (Wildman–Crippen LogP) is 2.95. The molecule has 0 heterocycles. The van der Waals surface area contributed by atoms with Crippen LogP contribution in [0.2, 0.25) is 0 Å². The lowest BCUT2D eigenvalue weighted by Crippen LogP contribution is -1.91. The second-order valence-electron chi connectivity index (χ2n) is 3.67. The summed E-state index contributed by atoms with van der Waals surface area (Å²) in [7, 11) is 0. The number of aliphatic imine (C=N–C) groups is 2. The minimum atomic E-state index is 0.345. The Kier molecular flexibility index (Phi) is 4.75. The average Bonchev–Trinajstić information content (AvgIpc) is 2.24. The van der Waals surface area contributed by atoms with Gasteiger partial charge < -0.3 is 0 Å². The van der Waals surface area contributed by atoms with Crippen LogP contribution >= 0.6 is 0 Å². The van der Waals surface area contributed by atoms with Crippen LogP contribution in [0.15, 0.2) is 34.3 Å². The molecule has 0 atom stereocenters. The zero-order valence-electron chi connectivity index (χ0n) is 9.64. The van der Waals surface area contributed by atoms with Crippen molar-refractivity contribution in [2.45, 2.75) is 26.8 Å². The standard InChI is InChI=1S/C13H18N2/c1-4-14-9-12-6-5-7-13(8-12)10-15-11(2)3/h5-11H,4H2,1-3H3/b14-9+,15-10+. The molecule has 1 aromatic carbocycles. The Balaban J connectivity index is 2.78. The summed E-state index contributed by atoms with van der Waals surface area (Å²) in [4.78, 5) is 8.56.